The van der Waals surface area contributed by atoms with E-state index in [0.29, 0.717) is 6.42 Å². The van der Waals surface area contributed by atoms with E-state index in [2.05, 4.69) is 10.6 Å². The molecule has 2 aromatic carbocycles. The summed E-state index contributed by atoms with van der Waals surface area (Å²) in [6, 6.07) is 18.9. The molecule has 0 saturated heterocycles. The molecule has 1 aliphatic rings. The van der Waals surface area contributed by atoms with Crippen LogP contribution < -0.4 is 10.6 Å². The lowest BCUT2D eigenvalue weighted by Gasteiger charge is -2.27. The fourth-order valence-corrected chi connectivity index (χ4v) is 3.20. The van der Waals surface area contributed by atoms with Crippen molar-refractivity contribution in [2.75, 3.05) is 10.6 Å². The molecule has 1 fully saturated rings. The first-order valence-corrected chi connectivity index (χ1v) is 8.44. The van der Waals surface area contributed by atoms with Crippen molar-refractivity contribution in [1.29, 1.82) is 0 Å². The number of carbonyl (C=O) groups excluding carboxylic acids is 2. The van der Waals surface area contributed by atoms with Crippen LogP contribution in [-0.4, -0.2) is 11.8 Å². The van der Waals surface area contributed by atoms with Crippen LogP contribution in [0.4, 0.5) is 11.4 Å². The highest BCUT2D eigenvalue weighted by Crippen LogP contribution is 2.31. The van der Waals surface area contributed by atoms with Crippen molar-refractivity contribution < 1.29 is 9.59 Å². The van der Waals surface area contributed by atoms with Crippen molar-refractivity contribution in [2.45, 2.75) is 25.7 Å². The fraction of sp³-hybridized carbons (Fsp3) is 0.300. The van der Waals surface area contributed by atoms with E-state index in [-0.39, 0.29) is 23.7 Å². The van der Waals surface area contributed by atoms with Crippen molar-refractivity contribution in [2.24, 2.45) is 11.8 Å². The molecule has 2 aromatic rings. The summed E-state index contributed by atoms with van der Waals surface area (Å²) >= 11 is 0. The Morgan fingerprint density at radius 3 is 1.54 bits per heavy atom. The first-order chi connectivity index (χ1) is 11.7. The number of anilines is 2. The van der Waals surface area contributed by atoms with Crippen LogP contribution in [0.1, 0.15) is 25.7 Å². The fourth-order valence-electron chi connectivity index (χ4n) is 3.20. The smallest absolute Gasteiger partial charge is 0.227 e. The Morgan fingerprint density at radius 2 is 1.12 bits per heavy atom. The maximum absolute atomic E-state index is 12.5. The molecule has 124 valence electrons. The third kappa shape index (κ3) is 4.22. The first kappa shape index (κ1) is 16.2. The van der Waals surface area contributed by atoms with E-state index in [0.717, 1.165) is 30.6 Å². The Morgan fingerprint density at radius 1 is 0.708 bits per heavy atom. The molecule has 2 N–H and O–H groups in total. The molecule has 0 heterocycles. The second kappa shape index (κ2) is 7.77. The minimum absolute atomic E-state index is 0.0124. The van der Waals surface area contributed by atoms with Crippen molar-refractivity contribution >= 4 is 23.2 Å². The zero-order chi connectivity index (χ0) is 16.8. The quantitative estimate of drug-likeness (QED) is 0.891. The largest absolute Gasteiger partial charge is 0.326 e. The first-order valence-electron chi connectivity index (χ1n) is 8.44. The van der Waals surface area contributed by atoms with Gasteiger partial charge in [-0.15, -0.1) is 0 Å². The minimum Gasteiger partial charge on any atom is -0.326 e. The number of nitrogens with one attached hydrogen (secondary N) is 2. The lowest BCUT2D eigenvalue weighted by atomic mass is 9.80. The lowest BCUT2D eigenvalue weighted by molar-refractivity contribution is -0.124. The predicted octanol–water partition coefficient (Wildman–Crippen LogP) is 4.07. The number of amides is 2. The third-order valence-corrected chi connectivity index (χ3v) is 4.50. The van der Waals surface area contributed by atoms with Crippen LogP contribution in [0, 0.1) is 11.8 Å². The SMILES string of the molecule is O=C(Nc1ccccc1)C1CCCC(C(=O)Nc2ccccc2)C1. The molecule has 0 aliphatic heterocycles. The van der Waals surface area contributed by atoms with Gasteiger partial charge in [-0.3, -0.25) is 9.59 Å². The van der Waals surface area contributed by atoms with Gasteiger partial charge in [0, 0.05) is 23.2 Å². The molecule has 2 atom stereocenters. The van der Waals surface area contributed by atoms with Gasteiger partial charge in [0.1, 0.15) is 0 Å². The van der Waals surface area contributed by atoms with Crippen LogP contribution in [0.2, 0.25) is 0 Å². The van der Waals surface area contributed by atoms with E-state index in [1.165, 1.54) is 0 Å². The normalized spacial score (nSPS) is 20.2. The summed E-state index contributed by atoms with van der Waals surface area (Å²) in [5, 5.41) is 5.90. The summed E-state index contributed by atoms with van der Waals surface area (Å²) < 4.78 is 0. The van der Waals surface area contributed by atoms with Crippen molar-refractivity contribution in [3.8, 4) is 0 Å². The Balaban J connectivity index is 1.57. The average molecular weight is 322 g/mol. The van der Waals surface area contributed by atoms with E-state index < -0.39 is 0 Å². The topological polar surface area (TPSA) is 58.2 Å². The maximum Gasteiger partial charge on any atom is 0.227 e. The second-order valence-electron chi connectivity index (χ2n) is 6.27. The maximum atomic E-state index is 12.5. The summed E-state index contributed by atoms with van der Waals surface area (Å²) in [6.07, 6.45) is 3.19. The van der Waals surface area contributed by atoms with E-state index in [1.807, 2.05) is 60.7 Å². The molecule has 2 unspecified atom stereocenters. The zero-order valence-electron chi connectivity index (χ0n) is 13.6. The predicted molar refractivity (Wildman–Crippen MR) is 95.6 cm³/mol. The van der Waals surface area contributed by atoms with Gasteiger partial charge in [0.05, 0.1) is 0 Å². The van der Waals surface area contributed by atoms with Crippen LogP contribution in [0.3, 0.4) is 0 Å². The molecule has 4 heteroatoms. The van der Waals surface area contributed by atoms with Crippen molar-refractivity contribution in [3.05, 3.63) is 60.7 Å². The molecule has 0 aromatic heterocycles. The van der Waals surface area contributed by atoms with E-state index in [9.17, 15) is 9.59 Å². The Labute approximate surface area is 142 Å². The van der Waals surface area contributed by atoms with Crippen molar-refractivity contribution in [3.63, 3.8) is 0 Å². The molecule has 0 radical (unpaired) electrons. The number of benzene rings is 2. The summed E-state index contributed by atoms with van der Waals surface area (Å²) in [4.78, 5) is 24.9. The second-order valence-corrected chi connectivity index (χ2v) is 6.27. The van der Waals surface area contributed by atoms with Gasteiger partial charge in [-0.2, -0.15) is 0 Å². The highest BCUT2D eigenvalue weighted by atomic mass is 16.2. The monoisotopic (exact) mass is 322 g/mol. The molecule has 1 saturated carbocycles. The molecular formula is C20H22N2O2. The van der Waals surface area contributed by atoms with Gasteiger partial charge in [-0.25, -0.2) is 0 Å². The molecule has 4 nitrogen and oxygen atoms in total. The number of hydrogen-bond acceptors (Lipinski definition) is 2. The Bertz CT molecular complexity index is 626. The number of carbonyl (C=O) groups is 2. The van der Waals surface area contributed by atoms with Gasteiger partial charge in [0.25, 0.3) is 0 Å². The molecule has 24 heavy (non-hydrogen) atoms. The van der Waals surface area contributed by atoms with Crippen molar-refractivity contribution in [1.82, 2.24) is 0 Å². The summed E-state index contributed by atoms with van der Waals surface area (Å²) in [6.45, 7) is 0. The van der Waals surface area contributed by atoms with Crippen LogP contribution >= 0.6 is 0 Å². The van der Waals surface area contributed by atoms with Crippen LogP contribution in [0.25, 0.3) is 0 Å². The summed E-state index contributed by atoms with van der Waals surface area (Å²) in [5.74, 6) is -0.187. The van der Waals surface area contributed by atoms with Gasteiger partial charge in [-0.05, 0) is 43.5 Å². The summed E-state index contributed by atoms with van der Waals surface area (Å²) in [5.41, 5.74) is 1.61. The van der Waals surface area contributed by atoms with Crippen LogP contribution in [0.15, 0.2) is 60.7 Å². The van der Waals surface area contributed by atoms with E-state index >= 15 is 0 Å². The van der Waals surface area contributed by atoms with Gasteiger partial charge in [0.15, 0.2) is 0 Å². The van der Waals surface area contributed by atoms with Gasteiger partial charge in [0.2, 0.25) is 11.8 Å². The van der Waals surface area contributed by atoms with Gasteiger partial charge < -0.3 is 10.6 Å². The van der Waals surface area contributed by atoms with E-state index in [4.69, 9.17) is 0 Å². The third-order valence-electron chi connectivity index (χ3n) is 4.50. The molecule has 1 aliphatic carbocycles. The minimum atomic E-state index is -0.106. The van der Waals surface area contributed by atoms with Gasteiger partial charge >= 0.3 is 0 Å². The Kier molecular flexibility index (Phi) is 5.26. The van der Waals surface area contributed by atoms with Crippen LogP contribution in [-0.2, 0) is 9.59 Å². The standard InChI is InChI=1S/C20H22N2O2/c23-19(21-17-10-3-1-4-11-17)15-8-7-9-16(14-15)20(24)22-18-12-5-2-6-13-18/h1-6,10-13,15-16H,7-9,14H2,(H,21,23)(H,22,24). The van der Waals surface area contributed by atoms with Gasteiger partial charge in [-0.1, -0.05) is 42.8 Å². The highest BCUT2D eigenvalue weighted by Gasteiger charge is 2.31. The van der Waals surface area contributed by atoms with Crippen LogP contribution in [0.5, 0.6) is 0 Å². The molecule has 0 spiro atoms. The number of para-hydroxylation sites is 2. The molecule has 0 bridgehead atoms. The number of rotatable bonds is 4. The molecular weight excluding hydrogens is 300 g/mol. The summed E-state index contributed by atoms with van der Waals surface area (Å²) in [7, 11) is 0. The molecule has 2 amide bonds. The zero-order valence-corrected chi connectivity index (χ0v) is 13.6. The Hall–Kier alpha value is -2.62. The lowest BCUT2D eigenvalue weighted by Crippen LogP contribution is -2.33. The van der Waals surface area contributed by atoms with E-state index in [1.54, 1.807) is 0 Å². The molecule has 3 rings (SSSR count). The number of hydrogen-bond donors (Lipinski definition) is 2. The average Bonchev–Trinajstić information content (AvgIpc) is 2.63. The highest BCUT2D eigenvalue weighted by molar-refractivity contribution is 5.95.